The Morgan fingerprint density at radius 2 is 1.90 bits per heavy atom. The topological polar surface area (TPSA) is 71.3 Å². The van der Waals surface area contributed by atoms with Crippen LogP contribution < -0.4 is 14.8 Å². The average molecular weight is 426 g/mol. The molecule has 5 nitrogen and oxygen atoms in total. The molecule has 0 fully saturated rings. The van der Waals surface area contributed by atoms with Crippen molar-refractivity contribution in [2.75, 3.05) is 11.9 Å². The number of carbonyl (C=O) groups excluding carboxylic acids is 1. The van der Waals surface area contributed by atoms with Gasteiger partial charge in [-0.25, -0.2) is 0 Å². The summed E-state index contributed by atoms with van der Waals surface area (Å²) in [5.74, 6) is -1.61. The number of hydrogen-bond acceptors (Lipinski definition) is 4. The first kappa shape index (κ1) is 22.7. The van der Waals surface area contributed by atoms with Crippen LogP contribution in [0.15, 0.2) is 48.0 Å². The Morgan fingerprint density at radius 1 is 1.20 bits per heavy atom. The molecule has 0 aromatic heterocycles. The fraction of sp³-hybridized carbons (Fsp3) is 0.200. The van der Waals surface area contributed by atoms with Crippen LogP contribution in [0.25, 0.3) is 6.08 Å². The van der Waals surface area contributed by atoms with Crippen molar-refractivity contribution in [3.8, 4) is 17.6 Å². The van der Waals surface area contributed by atoms with Gasteiger partial charge in [0.15, 0.2) is 11.5 Å². The zero-order chi connectivity index (χ0) is 22.3. The Morgan fingerprint density at radius 3 is 2.50 bits per heavy atom. The number of nitrogens with zero attached hydrogens (tertiary/aromatic N) is 1. The lowest BCUT2D eigenvalue weighted by molar-refractivity contribution is -0.137. The van der Waals surface area contributed by atoms with Crippen molar-refractivity contribution in [3.63, 3.8) is 0 Å². The second kappa shape index (κ2) is 9.73. The van der Waals surface area contributed by atoms with E-state index in [1.54, 1.807) is 13.0 Å². The number of anilines is 1. The van der Waals surface area contributed by atoms with Gasteiger partial charge < -0.3 is 14.8 Å². The summed E-state index contributed by atoms with van der Waals surface area (Å²) in [6.07, 6.45) is -3.81. The maximum atomic E-state index is 13.1. The normalized spacial score (nSPS) is 11.7. The molecule has 0 aliphatic rings. The van der Waals surface area contributed by atoms with Crippen LogP contribution in [0.2, 0.25) is 0 Å². The third-order valence-corrected chi connectivity index (χ3v) is 3.66. The number of benzene rings is 2. The Bertz CT molecular complexity index is 981. The van der Waals surface area contributed by atoms with E-state index >= 15 is 0 Å². The quantitative estimate of drug-likeness (QED) is 0.373. The van der Waals surface area contributed by atoms with Gasteiger partial charge in [0.1, 0.15) is 11.6 Å². The van der Waals surface area contributed by atoms with E-state index in [0.717, 1.165) is 24.3 Å². The number of para-hydroxylation sites is 2. The molecule has 10 heteroatoms. The van der Waals surface area contributed by atoms with E-state index in [-0.39, 0.29) is 17.9 Å². The van der Waals surface area contributed by atoms with Gasteiger partial charge in [0.25, 0.3) is 5.91 Å². The highest BCUT2D eigenvalue weighted by molar-refractivity contribution is 6.10. The molecule has 1 N–H and O–H groups in total. The highest BCUT2D eigenvalue weighted by atomic mass is 19.4. The summed E-state index contributed by atoms with van der Waals surface area (Å²) in [7, 11) is 0. The first-order valence-electron chi connectivity index (χ1n) is 8.47. The van der Waals surface area contributed by atoms with Crippen molar-refractivity contribution >= 4 is 17.7 Å². The molecule has 0 unspecified atom stereocenters. The molecule has 0 atom stereocenters. The predicted molar refractivity (Wildman–Crippen MR) is 97.9 cm³/mol. The SMILES string of the molecule is CCOc1cccc(/C=C(\C#N)C(=O)Nc2ccccc2C(F)(F)F)c1OC(F)F. The van der Waals surface area contributed by atoms with Gasteiger partial charge in [0, 0.05) is 5.56 Å². The van der Waals surface area contributed by atoms with Gasteiger partial charge >= 0.3 is 12.8 Å². The van der Waals surface area contributed by atoms with Crippen molar-refractivity contribution in [3.05, 3.63) is 59.2 Å². The Balaban J connectivity index is 2.43. The third-order valence-electron chi connectivity index (χ3n) is 3.66. The molecule has 2 aromatic carbocycles. The molecule has 158 valence electrons. The molecular weight excluding hydrogens is 411 g/mol. The summed E-state index contributed by atoms with van der Waals surface area (Å²) in [6.45, 7) is -1.47. The molecule has 30 heavy (non-hydrogen) atoms. The minimum absolute atomic E-state index is 0.0494. The second-order valence-corrected chi connectivity index (χ2v) is 5.65. The predicted octanol–water partition coefficient (Wildman–Crippen LogP) is 5.25. The summed E-state index contributed by atoms with van der Waals surface area (Å²) in [5, 5.41) is 11.3. The molecular formula is C20H15F5N2O3. The van der Waals surface area contributed by atoms with Crippen LogP contribution in [0.3, 0.4) is 0 Å². The highest BCUT2D eigenvalue weighted by Gasteiger charge is 2.33. The van der Waals surface area contributed by atoms with E-state index in [1.165, 1.54) is 24.3 Å². The van der Waals surface area contributed by atoms with Crippen molar-refractivity contribution in [1.82, 2.24) is 0 Å². The average Bonchev–Trinajstić information content (AvgIpc) is 2.67. The number of ether oxygens (including phenoxy) is 2. The van der Waals surface area contributed by atoms with Gasteiger partial charge in [-0.2, -0.15) is 27.2 Å². The highest BCUT2D eigenvalue weighted by Crippen LogP contribution is 2.36. The van der Waals surface area contributed by atoms with E-state index in [1.807, 2.05) is 5.32 Å². The smallest absolute Gasteiger partial charge is 0.418 e. The van der Waals surface area contributed by atoms with Gasteiger partial charge in [-0.05, 0) is 31.2 Å². The lowest BCUT2D eigenvalue weighted by Gasteiger charge is -2.14. The van der Waals surface area contributed by atoms with Crippen LogP contribution >= 0.6 is 0 Å². The Labute approximate surface area is 168 Å². The summed E-state index contributed by atoms with van der Waals surface area (Å²) in [6, 6.07) is 9.82. The van der Waals surface area contributed by atoms with Crippen LogP contribution in [0.5, 0.6) is 11.5 Å². The lowest BCUT2D eigenvalue weighted by Crippen LogP contribution is -2.17. The maximum Gasteiger partial charge on any atom is 0.418 e. The number of carbonyl (C=O) groups is 1. The monoisotopic (exact) mass is 426 g/mol. The summed E-state index contributed by atoms with van der Waals surface area (Å²) >= 11 is 0. The molecule has 2 aromatic rings. The van der Waals surface area contributed by atoms with Crippen molar-refractivity contribution in [1.29, 1.82) is 5.26 Å². The van der Waals surface area contributed by atoms with Crippen LogP contribution in [-0.2, 0) is 11.0 Å². The Hall–Kier alpha value is -3.61. The molecule has 0 heterocycles. The second-order valence-electron chi connectivity index (χ2n) is 5.65. The first-order valence-corrected chi connectivity index (χ1v) is 8.47. The first-order chi connectivity index (χ1) is 14.2. The number of halogens is 5. The summed E-state index contributed by atoms with van der Waals surface area (Å²) in [4.78, 5) is 12.4. The number of amides is 1. The number of nitriles is 1. The maximum absolute atomic E-state index is 13.1. The summed E-state index contributed by atoms with van der Waals surface area (Å²) < 4.78 is 74.5. The number of nitrogens with one attached hydrogen (secondary N) is 1. The zero-order valence-electron chi connectivity index (χ0n) is 15.5. The molecule has 0 saturated carbocycles. The van der Waals surface area contributed by atoms with E-state index in [9.17, 15) is 32.0 Å². The molecule has 2 rings (SSSR count). The third kappa shape index (κ3) is 5.70. The molecule has 0 spiro atoms. The van der Waals surface area contributed by atoms with Crippen molar-refractivity contribution < 1.29 is 36.2 Å². The van der Waals surface area contributed by atoms with Crippen LogP contribution in [0.4, 0.5) is 27.6 Å². The molecule has 0 radical (unpaired) electrons. The molecule has 0 saturated heterocycles. The Kier molecular flexibility index (Phi) is 7.36. The van der Waals surface area contributed by atoms with E-state index in [4.69, 9.17) is 4.74 Å². The van der Waals surface area contributed by atoms with E-state index in [0.29, 0.717) is 0 Å². The van der Waals surface area contributed by atoms with Gasteiger partial charge in [-0.15, -0.1) is 0 Å². The van der Waals surface area contributed by atoms with Crippen LogP contribution in [-0.4, -0.2) is 19.1 Å². The number of hydrogen-bond donors (Lipinski definition) is 1. The van der Waals surface area contributed by atoms with E-state index in [2.05, 4.69) is 4.74 Å². The molecule has 0 aliphatic carbocycles. The minimum atomic E-state index is -4.73. The fourth-order valence-electron chi connectivity index (χ4n) is 2.46. The van der Waals surface area contributed by atoms with Gasteiger partial charge in [-0.1, -0.05) is 24.3 Å². The minimum Gasteiger partial charge on any atom is -0.490 e. The fourth-order valence-corrected chi connectivity index (χ4v) is 2.46. The van der Waals surface area contributed by atoms with Crippen LogP contribution in [0.1, 0.15) is 18.1 Å². The van der Waals surface area contributed by atoms with Crippen molar-refractivity contribution in [2.45, 2.75) is 19.7 Å². The van der Waals surface area contributed by atoms with Crippen molar-refractivity contribution in [2.24, 2.45) is 0 Å². The number of alkyl halides is 5. The van der Waals surface area contributed by atoms with Crippen LogP contribution in [0, 0.1) is 11.3 Å². The van der Waals surface area contributed by atoms with Gasteiger partial charge in [0.05, 0.1) is 17.9 Å². The molecule has 1 amide bonds. The zero-order valence-corrected chi connectivity index (χ0v) is 15.5. The summed E-state index contributed by atoms with van der Waals surface area (Å²) in [5.41, 5.74) is -2.37. The molecule has 0 bridgehead atoms. The molecule has 0 aliphatic heterocycles. The van der Waals surface area contributed by atoms with E-state index < -0.39 is 41.3 Å². The largest absolute Gasteiger partial charge is 0.490 e. The standard InChI is InChI=1S/C20H15F5N2O3/c1-2-29-16-9-5-6-12(17(16)30-19(21)22)10-13(11-26)18(28)27-15-8-4-3-7-14(15)20(23,24)25/h3-10,19H,2H2,1H3,(H,27,28)/b13-10+. The van der Waals surface area contributed by atoms with Gasteiger partial charge in [-0.3, -0.25) is 4.79 Å². The van der Waals surface area contributed by atoms with Gasteiger partial charge in [0.2, 0.25) is 0 Å². The number of rotatable bonds is 7. The lowest BCUT2D eigenvalue weighted by atomic mass is 10.1.